The average Bonchev–Trinajstić information content (AvgIpc) is 1.82. The quantitative estimate of drug-likeness (QED) is 0.543. The summed E-state index contributed by atoms with van der Waals surface area (Å²) < 4.78 is 0. The van der Waals surface area contributed by atoms with Gasteiger partial charge in [-0.2, -0.15) is 0 Å². The SMILES string of the molecule is C=C[C@H](CO)NC(C)C. The van der Waals surface area contributed by atoms with Crippen LogP contribution in [0.1, 0.15) is 13.8 Å². The Hall–Kier alpha value is -0.340. The van der Waals surface area contributed by atoms with Crippen LogP contribution in [0.4, 0.5) is 0 Å². The van der Waals surface area contributed by atoms with Crippen LogP contribution in [-0.4, -0.2) is 23.8 Å². The van der Waals surface area contributed by atoms with Crippen molar-refractivity contribution in [2.75, 3.05) is 6.61 Å². The molecule has 0 aromatic carbocycles. The highest BCUT2D eigenvalue weighted by molar-refractivity contribution is 4.85. The van der Waals surface area contributed by atoms with E-state index in [1.165, 1.54) is 0 Å². The monoisotopic (exact) mass is 129 g/mol. The van der Waals surface area contributed by atoms with Gasteiger partial charge in [-0.1, -0.05) is 19.9 Å². The van der Waals surface area contributed by atoms with Crippen LogP contribution in [-0.2, 0) is 0 Å². The molecule has 0 rings (SSSR count). The Labute approximate surface area is 56.6 Å². The van der Waals surface area contributed by atoms with Crippen LogP contribution < -0.4 is 5.32 Å². The summed E-state index contributed by atoms with van der Waals surface area (Å²) in [6.45, 7) is 7.76. The molecule has 54 valence electrons. The average molecular weight is 129 g/mol. The van der Waals surface area contributed by atoms with Crippen molar-refractivity contribution in [3.8, 4) is 0 Å². The molecule has 0 spiro atoms. The van der Waals surface area contributed by atoms with E-state index in [2.05, 4.69) is 11.9 Å². The lowest BCUT2D eigenvalue weighted by atomic mass is 10.2. The van der Waals surface area contributed by atoms with E-state index in [0.717, 1.165) is 0 Å². The molecule has 0 aromatic heterocycles. The minimum atomic E-state index is 0.0463. The number of rotatable bonds is 4. The first kappa shape index (κ1) is 8.66. The van der Waals surface area contributed by atoms with Gasteiger partial charge >= 0.3 is 0 Å². The Balaban J connectivity index is 3.42. The Morgan fingerprint density at radius 1 is 1.67 bits per heavy atom. The van der Waals surface area contributed by atoms with Gasteiger partial charge in [0.1, 0.15) is 0 Å². The molecule has 0 heterocycles. The fraction of sp³-hybridized carbons (Fsp3) is 0.714. The third-order valence-electron chi connectivity index (χ3n) is 1.03. The fourth-order valence-corrected chi connectivity index (χ4v) is 0.623. The van der Waals surface area contributed by atoms with Crippen LogP contribution in [0.2, 0.25) is 0 Å². The maximum Gasteiger partial charge on any atom is 0.0620 e. The van der Waals surface area contributed by atoms with Gasteiger partial charge in [0.15, 0.2) is 0 Å². The van der Waals surface area contributed by atoms with Crippen molar-refractivity contribution < 1.29 is 5.11 Å². The number of hydrogen-bond donors (Lipinski definition) is 2. The van der Waals surface area contributed by atoms with Gasteiger partial charge in [0.25, 0.3) is 0 Å². The van der Waals surface area contributed by atoms with Crippen LogP contribution in [0.15, 0.2) is 12.7 Å². The minimum absolute atomic E-state index is 0.0463. The van der Waals surface area contributed by atoms with Gasteiger partial charge in [-0.25, -0.2) is 0 Å². The molecule has 0 aliphatic heterocycles. The lowest BCUT2D eigenvalue weighted by Crippen LogP contribution is -2.35. The largest absolute Gasteiger partial charge is 0.394 e. The van der Waals surface area contributed by atoms with E-state index in [4.69, 9.17) is 5.11 Å². The van der Waals surface area contributed by atoms with Gasteiger partial charge < -0.3 is 10.4 Å². The van der Waals surface area contributed by atoms with E-state index in [9.17, 15) is 0 Å². The van der Waals surface area contributed by atoms with Gasteiger partial charge in [0.2, 0.25) is 0 Å². The normalized spacial score (nSPS) is 13.8. The molecule has 0 aliphatic carbocycles. The van der Waals surface area contributed by atoms with Gasteiger partial charge in [0.05, 0.1) is 6.61 Å². The number of aliphatic hydroxyl groups is 1. The Morgan fingerprint density at radius 3 is 2.33 bits per heavy atom. The summed E-state index contributed by atoms with van der Waals surface area (Å²) in [5, 5.41) is 11.8. The van der Waals surface area contributed by atoms with Crippen LogP contribution >= 0.6 is 0 Å². The second-order valence-corrected chi connectivity index (χ2v) is 2.35. The van der Waals surface area contributed by atoms with Gasteiger partial charge in [0, 0.05) is 12.1 Å². The molecular formula is C7H15NO. The van der Waals surface area contributed by atoms with Crippen molar-refractivity contribution in [3.63, 3.8) is 0 Å². The summed E-state index contributed by atoms with van der Waals surface area (Å²) in [5.41, 5.74) is 0. The highest BCUT2D eigenvalue weighted by Crippen LogP contribution is 1.85. The van der Waals surface area contributed by atoms with E-state index in [1.807, 2.05) is 13.8 Å². The van der Waals surface area contributed by atoms with Gasteiger partial charge in [-0.05, 0) is 0 Å². The summed E-state index contributed by atoms with van der Waals surface area (Å²) in [6, 6.07) is 0.449. The third-order valence-corrected chi connectivity index (χ3v) is 1.03. The molecule has 9 heavy (non-hydrogen) atoms. The summed E-state index contributed by atoms with van der Waals surface area (Å²) in [5.74, 6) is 0. The van der Waals surface area contributed by atoms with E-state index in [-0.39, 0.29) is 12.6 Å². The summed E-state index contributed by atoms with van der Waals surface area (Å²) >= 11 is 0. The summed E-state index contributed by atoms with van der Waals surface area (Å²) in [4.78, 5) is 0. The first-order chi connectivity index (χ1) is 4.20. The van der Waals surface area contributed by atoms with Crippen molar-refractivity contribution in [3.05, 3.63) is 12.7 Å². The standard InChI is InChI=1S/C7H15NO/c1-4-7(5-9)8-6(2)3/h4,6-9H,1,5H2,2-3H3/t7-/m1/s1. The molecule has 0 radical (unpaired) electrons. The zero-order valence-corrected chi connectivity index (χ0v) is 6.09. The molecule has 0 amide bonds. The summed E-state index contributed by atoms with van der Waals surface area (Å²) in [6.07, 6.45) is 1.71. The number of nitrogens with one attached hydrogen (secondary N) is 1. The highest BCUT2D eigenvalue weighted by Gasteiger charge is 2.01. The van der Waals surface area contributed by atoms with Crippen LogP contribution in [0.25, 0.3) is 0 Å². The van der Waals surface area contributed by atoms with Crippen LogP contribution in [0.5, 0.6) is 0 Å². The van der Waals surface area contributed by atoms with Crippen molar-refractivity contribution in [2.24, 2.45) is 0 Å². The molecule has 0 fully saturated rings. The van der Waals surface area contributed by atoms with E-state index in [1.54, 1.807) is 6.08 Å². The fourth-order valence-electron chi connectivity index (χ4n) is 0.623. The molecule has 2 nitrogen and oxygen atoms in total. The minimum Gasteiger partial charge on any atom is -0.394 e. The molecule has 2 N–H and O–H groups in total. The molecular weight excluding hydrogens is 114 g/mol. The Morgan fingerprint density at radius 2 is 2.22 bits per heavy atom. The second-order valence-electron chi connectivity index (χ2n) is 2.35. The van der Waals surface area contributed by atoms with Crippen LogP contribution in [0.3, 0.4) is 0 Å². The van der Waals surface area contributed by atoms with Gasteiger partial charge in [-0.3, -0.25) is 0 Å². The van der Waals surface area contributed by atoms with E-state index >= 15 is 0 Å². The zero-order valence-electron chi connectivity index (χ0n) is 6.09. The second kappa shape index (κ2) is 4.53. The topological polar surface area (TPSA) is 32.3 Å². The first-order valence-corrected chi connectivity index (χ1v) is 3.20. The smallest absolute Gasteiger partial charge is 0.0620 e. The van der Waals surface area contributed by atoms with Crippen molar-refractivity contribution in [1.82, 2.24) is 5.32 Å². The maximum atomic E-state index is 8.64. The Bertz CT molecular complexity index is 81.0. The van der Waals surface area contributed by atoms with E-state index < -0.39 is 0 Å². The lowest BCUT2D eigenvalue weighted by Gasteiger charge is -2.13. The maximum absolute atomic E-state index is 8.64. The number of hydrogen-bond acceptors (Lipinski definition) is 2. The van der Waals surface area contributed by atoms with E-state index in [0.29, 0.717) is 6.04 Å². The molecule has 1 atom stereocenters. The molecule has 0 saturated carbocycles. The predicted molar refractivity (Wildman–Crippen MR) is 39.3 cm³/mol. The molecule has 0 bridgehead atoms. The molecule has 0 aliphatic rings. The molecule has 2 heteroatoms. The van der Waals surface area contributed by atoms with Crippen molar-refractivity contribution >= 4 is 0 Å². The van der Waals surface area contributed by atoms with Crippen molar-refractivity contribution in [1.29, 1.82) is 0 Å². The molecule has 0 aromatic rings. The zero-order chi connectivity index (χ0) is 7.28. The third kappa shape index (κ3) is 4.18. The first-order valence-electron chi connectivity index (χ1n) is 3.20. The predicted octanol–water partition coefficient (Wildman–Crippen LogP) is 0.531. The lowest BCUT2D eigenvalue weighted by molar-refractivity contribution is 0.258. The highest BCUT2D eigenvalue weighted by atomic mass is 16.3. The molecule has 0 saturated heterocycles. The number of aliphatic hydroxyl groups excluding tert-OH is 1. The van der Waals surface area contributed by atoms with Gasteiger partial charge in [-0.15, -0.1) is 6.58 Å². The van der Waals surface area contributed by atoms with Crippen molar-refractivity contribution in [2.45, 2.75) is 25.9 Å². The van der Waals surface area contributed by atoms with Crippen LogP contribution in [0, 0.1) is 0 Å². The Kier molecular flexibility index (Phi) is 4.36. The molecule has 0 unspecified atom stereocenters. The summed E-state index contributed by atoms with van der Waals surface area (Å²) in [7, 11) is 0.